The maximum Gasteiger partial charge on any atom is 0.253 e. The summed E-state index contributed by atoms with van der Waals surface area (Å²) in [6.07, 6.45) is 1.71. The quantitative estimate of drug-likeness (QED) is 0.242. The maximum atomic E-state index is 14.3. The zero-order chi connectivity index (χ0) is 27.4. The number of hydrogen-bond donors (Lipinski definition) is 4. The van der Waals surface area contributed by atoms with Gasteiger partial charge >= 0.3 is 0 Å². The number of hydrogen-bond acceptors (Lipinski definition) is 9. The van der Waals surface area contributed by atoms with Crippen LogP contribution in [0, 0.1) is 5.82 Å². The molecule has 5 N–H and O–H groups in total. The third-order valence-electron chi connectivity index (χ3n) is 6.62. The Morgan fingerprint density at radius 3 is 2.69 bits per heavy atom. The van der Waals surface area contributed by atoms with Gasteiger partial charge < -0.3 is 35.7 Å². The summed E-state index contributed by atoms with van der Waals surface area (Å²) >= 11 is 0. The number of nitrogens with two attached hydrogens (primary N) is 1. The zero-order valence-electron chi connectivity index (χ0n) is 21.8. The first kappa shape index (κ1) is 26.2. The Kier molecular flexibility index (Phi) is 7.75. The molecule has 0 spiro atoms. The van der Waals surface area contributed by atoms with Gasteiger partial charge in [0.25, 0.3) is 5.91 Å². The van der Waals surface area contributed by atoms with Crippen LogP contribution in [0.3, 0.4) is 0 Å². The summed E-state index contributed by atoms with van der Waals surface area (Å²) in [5.74, 6) is 0.258. The summed E-state index contributed by atoms with van der Waals surface area (Å²) in [5, 5.41) is 6.86. The van der Waals surface area contributed by atoms with Crippen LogP contribution in [0.2, 0.25) is 0 Å². The van der Waals surface area contributed by atoms with Gasteiger partial charge in [-0.25, -0.2) is 4.39 Å². The smallest absolute Gasteiger partial charge is 0.253 e. The van der Waals surface area contributed by atoms with Gasteiger partial charge in [0.1, 0.15) is 35.4 Å². The Labute approximate surface area is 225 Å². The standard InChI is InChI=1S/C27H31FN8O3/c1-35-10-12-36(13-11-35)14-15-39-17-6-7-20(22(16-17)38-2)32-27-33-25-18(8-9-30-25)26(34-27)31-21-5-3-4-19(28)23(21)24(29)37/h3-9,16H,10-15H2,1-2H3,(H2,29,37)(H3,30,31,32,33,34). The lowest BCUT2D eigenvalue weighted by Crippen LogP contribution is -2.45. The van der Waals surface area contributed by atoms with E-state index in [-0.39, 0.29) is 17.2 Å². The van der Waals surface area contributed by atoms with E-state index in [1.807, 2.05) is 18.2 Å². The highest BCUT2D eigenvalue weighted by Gasteiger charge is 2.18. The molecule has 1 aliphatic heterocycles. The molecule has 5 rings (SSSR count). The van der Waals surface area contributed by atoms with Crippen LogP contribution in [0.4, 0.5) is 27.5 Å². The minimum atomic E-state index is -0.885. The molecular formula is C27H31FN8O3. The van der Waals surface area contributed by atoms with Gasteiger partial charge in [0.2, 0.25) is 5.95 Å². The van der Waals surface area contributed by atoms with Gasteiger partial charge in [0.15, 0.2) is 0 Å². The van der Waals surface area contributed by atoms with E-state index >= 15 is 0 Å². The number of primary amides is 1. The summed E-state index contributed by atoms with van der Waals surface area (Å²) in [6, 6.07) is 11.5. The average molecular weight is 535 g/mol. The fourth-order valence-electron chi connectivity index (χ4n) is 4.45. The van der Waals surface area contributed by atoms with Crippen molar-refractivity contribution in [3.63, 3.8) is 0 Å². The molecule has 0 aliphatic carbocycles. The number of anilines is 4. The molecular weight excluding hydrogens is 503 g/mol. The molecule has 1 saturated heterocycles. The Hall–Kier alpha value is -4.42. The highest BCUT2D eigenvalue weighted by atomic mass is 19.1. The van der Waals surface area contributed by atoms with Crippen molar-refractivity contribution in [3.05, 3.63) is 60.0 Å². The van der Waals surface area contributed by atoms with Crippen LogP contribution < -0.4 is 25.8 Å². The van der Waals surface area contributed by atoms with Crippen molar-refractivity contribution in [1.29, 1.82) is 0 Å². The number of aromatic amines is 1. The molecule has 2 aromatic heterocycles. The first-order chi connectivity index (χ1) is 18.9. The highest BCUT2D eigenvalue weighted by molar-refractivity contribution is 6.00. The number of aromatic nitrogens is 3. The molecule has 204 valence electrons. The first-order valence-corrected chi connectivity index (χ1v) is 12.6. The fraction of sp³-hybridized carbons (Fsp3) is 0.296. The van der Waals surface area contributed by atoms with Crippen LogP contribution in [0.25, 0.3) is 11.0 Å². The number of nitrogens with zero attached hydrogens (tertiary/aromatic N) is 4. The van der Waals surface area contributed by atoms with Crippen LogP contribution in [-0.4, -0.2) is 84.1 Å². The van der Waals surface area contributed by atoms with Crippen molar-refractivity contribution in [2.24, 2.45) is 5.73 Å². The molecule has 1 fully saturated rings. The number of H-pyrrole nitrogens is 1. The molecule has 12 heteroatoms. The summed E-state index contributed by atoms with van der Waals surface area (Å²) in [4.78, 5) is 28.8. The molecule has 0 atom stereocenters. The molecule has 0 unspecified atom stereocenters. The van der Waals surface area contributed by atoms with E-state index in [2.05, 4.69) is 42.4 Å². The van der Waals surface area contributed by atoms with E-state index < -0.39 is 11.7 Å². The zero-order valence-corrected chi connectivity index (χ0v) is 21.8. The van der Waals surface area contributed by atoms with Gasteiger partial charge in [-0.3, -0.25) is 9.69 Å². The lowest BCUT2D eigenvalue weighted by Gasteiger charge is -2.32. The van der Waals surface area contributed by atoms with Crippen molar-refractivity contribution < 1.29 is 18.7 Å². The van der Waals surface area contributed by atoms with E-state index in [0.29, 0.717) is 40.6 Å². The SMILES string of the molecule is COc1cc(OCCN2CCN(C)CC2)ccc1Nc1nc(Nc2cccc(F)c2C(N)=O)c2cc[nH]c2n1. The van der Waals surface area contributed by atoms with E-state index in [1.165, 1.54) is 12.1 Å². The highest BCUT2D eigenvalue weighted by Crippen LogP contribution is 2.33. The average Bonchev–Trinajstić information content (AvgIpc) is 3.39. The number of piperazine rings is 1. The number of likely N-dealkylation sites (N-methyl/N-ethyl adjacent to an activating group) is 1. The van der Waals surface area contributed by atoms with Crippen LogP contribution >= 0.6 is 0 Å². The third kappa shape index (κ3) is 6.02. The number of methoxy groups -OCH3 is 1. The Balaban J connectivity index is 1.33. The van der Waals surface area contributed by atoms with E-state index in [9.17, 15) is 9.18 Å². The van der Waals surface area contributed by atoms with Gasteiger partial charge in [-0.05, 0) is 37.4 Å². The molecule has 4 aromatic rings. The van der Waals surface area contributed by atoms with Crippen LogP contribution in [0.15, 0.2) is 48.7 Å². The Morgan fingerprint density at radius 2 is 1.92 bits per heavy atom. The van der Waals surface area contributed by atoms with Gasteiger partial charge in [0.05, 0.1) is 29.4 Å². The number of rotatable bonds is 10. The van der Waals surface area contributed by atoms with Crippen molar-refractivity contribution in [3.8, 4) is 11.5 Å². The number of halogens is 1. The summed E-state index contributed by atoms with van der Waals surface area (Å²) in [6.45, 7) is 5.65. The fourth-order valence-corrected chi connectivity index (χ4v) is 4.45. The second kappa shape index (κ2) is 11.5. The predicted octanol–water partition coefficient (Wildman–Crippen LogP) is 3.32. The molecule has 11 nitrogen and oxygen atoms in total. The predicted molar refractivity (Wildman–Crippen MR) is 148 cm³/mol. The van der Waals surface area contributed by atoms with Crippen molar-refractivity contribution in [2.75, 3.05) is 64.1 Å². The van der Waals surface area contributed by atoms with Gasteiger partial charge in [-0.2, -0.15) is 9.97 Å². The van der Waals surface area contributed by atoms with Crippen molar-refractivity contribution in [2.45, 2.75) is 0 Å². The first-order valence-electron chi connectivity index (χ1n) is 12.6. The van der Waals surface area contributed by atoms with Gasteiger partial charge in [-0.15, -0.1) is 0 Å². The Morgan fingerprint density at radius 1 is 1.10 bits per heavy atom. The maximum absolute atomic E-state index is 14.3. The number of amides is 1. The number of carbonyl (C=O) groups excluding carboxylic acids is 1. The number of ether oxygens (including phenoxy) is 2. The van der Waals surface area contributed by atoms with Gasteiger partial charge in [0, 0.05) is 45.0 Å². The van der Waals surface area contributed by atoms with E-state index in [1.54, 1.807) is 25.4 Å². The normalized spacial score (nSPS) is 14.3. The van der Waals surface area contributed by atoms with Crippen LogP contribution in [0.1, 0.15) is 10.4 Å². The monoisotopic (exact) mass is 534 g/mol. The molecule has 2 aromatic carbocycles. The van der Waals surface area contributed by atoms with Crippen LogP contribution in [-0.2, 0) is 0 Å². The molecule has 1 aliphatic rings. The Bertz CT molecular complexity index is 1470. The summed E-state index contributed by atoms with van der Waals surface area (Å²) < 4.78 is 25.9. The van der Waals surface area contributed by atoms with E-state index in [0.717, 1.165) is 32.7 Å². The minimum Gasteiger partial charge on any atom is -0.494 e. The summed E-state index contributed by atoms with van der Waals surface area (Å²) in [5.41, 5.74) is 6.53. The second-order valence-corrected chi connectivity index (χ2v) is 9.27. The largest absolute Gasteiger partial charge is 0.494 e. The van der Waals surface area contributed by atoms with Crippen molar-refractivity contribution in [1.82, 2.24) is 24.8 Å². The third-order valence-corrected chi connectivity index (χ3v) is 6.62. The topological polar surface area (TPSA) is 134 Å². The number of carbonyl (C=O) groups is 1. The summed E-state index contributed by atoms with van der Waals surface area (Å²) in [7, 11) is 3.71. The lowest BCUT2D eigenvalue weighted by molar-refractivity contribution is 0.0997. The van der Waals surface area contributed by atoms with Gasteiger partial charge in [-0.1, -0.05) is 6.07 Å². The lowest BCUT2D eigenvalue weighted by atomic mass is 10.1. The number of nitrogens with one attached hydrogen (secondary N) is 3. The molecule has 39 heavy (non-hydrogen) atoms. The molecule has 0 radical (unpaired) electrons. The van der Waals surface area contributed by atoms with E-state index in [4.69, 9.17) is 15.2 Å². The molecule has 0 bridgehead atoms. The molecule has 0 saturated carbocycles. The second-order valence-electron chi connectivity index (χ2n) is 9.27. The molecule has 1 amide bonds. The molecule has 3 heterocycles. The number of benzene rings is 2. The minimum absolute atomic E-state index is 0.199. The van der Waals surface area contributed by atoms with Crippen molar-refractivity contribution >= 4 is 40.1 Å². The number of fused-ring (bicyclic) bond motifs is 1. The van der Waals surface area contributed by atoms with Crippen LogP contribution in [0.5, 0.6) is 11.5 Å².